The molecular weight excluding hydrogens is 602 g/mol. The maximum atomic E-state index is 13.4. The molecule has 0 aromatic heterocycles. The van der Waals surface area contributed by atoms with Crippen molar-refractivity contribution in [1.82, 2.24) is 9.03 Å². The molecule has 1 unspecified atom stereocenters. The summed E-state index contributed by atoms with van der Waals surface area (Å²) in [5, 5.41) is 0. The lowest BCUT2D eigenvalue weighted by atomic mass is 9.74. The lowest BCUT2D eigenvalue weighted by molar-refractivity contribution is -0.148. The molecule has 0 saturated heterocycles. The van der Waals surface area contributed by atoms with Gasteiger partial charge in [0.1, 0.15) is 0 Å². The Morgan fingerprint density at radius 3 is 2.00 bits per heavy atom. The molecule has 1 aliphatic rings. The van der Waals surface area contributed by atoms with Gasteiger partial charge < -0.3 is 4.74 Å². The standard InChI is InChI=1S/C29H34F6N2O5S/c1-3-7-25(27(39)42-2)21-12-10-20(11-13-21)18-37(17-19-8-5-4-6-9-19)43(40,41)36-26(38)22-14-23(28(30,31)32)16-24(15-22)29(33,34)35/h4-6,8-9,14-16,20-21,25H,3,7,10-13,17-18H2,1-2H3,(H,36,38). The van der Waals surface area contributed by atoms with E-state index in [0.29, 0.717) is 37.7 Å². The molecule has 1 fully saturated rings. The summed E-state index contributed by atoms with van der Waals surface area (Å²) >= 11 is 0. The smallest absolute Gasteiger partial charge is 0.416 e. The van der Waals surface area contributed by atoms with Gasteiger partial charge in [-0.05, 0) is 67.7 Å². The molecule has 1 amide bonds. The van der Waals surface area contributed by atoms with Crippen molar-refractivity contribution in [2.24, 2.45) is 17.8 Å². The van der Waals surface area contributed by atoms with Gasteiger partial charge in [-0.15, -0.1) is 0 Å². The highest BCUT2D eigenvalue weighted by Crippen LogP contribution is 2.38. The van der Waals surface area contributed by atoms with Crippen molar-refractivity contribution in [2.45, 2.75) is 64.3 Å². The predicted molar refractivity (Wildman–Crippen MR) is 146 cm³/mol. The highest BCUT2D eigenvalue weighted by atomic mass is 32.2. The number of benzene rings is 2. The number of alkyl halides is 6. The third kappa shape index (κ3) is 9.43. The minimum atomic E-state index is -5.21. The largest absolute Gasteiger partial charge is 0.469 e. The average Bonchev–Trinajstić information content (AvgIpc) is 2.95. The van der Waals surface area contributed by atoms with Gasteiger partial charge in [0.2, 0.25) is 0 Å². The molecule has 238 valence electrons. The van der Waals surface area contributed by atoms with Crippen LogP contribution in [-0.2, 0) is 38.6 Å². The van der Waals surface area contributed by atoms with Crippen LogP contribution in [0.1, 0.15) is 72.5 Å². The van der Waals surface area contributed by atoms with Crippen LogP contribution >= 0.6 is 0 Å². The first-order chi connectivity index (χ1) is 20.0. The van der Waals surface area contributed by atoms with E-state index in [1.807, 2.05) is 6.92 Å². The van der Waals surface area contributed by atoms with Gasteiger partial charge in [0, 0.05) is 18.7 Å². The fourth-order valence-electron chi connectivity index (χ4n) is 5.43. The quantitative estimate of drug-likeness (QED) is 0.222. The van der Waals surface area contributed by atoms with Crippen LogP contribution in [0.2, 0.25) is 0 Å². The molecule has 14 heteroatoms. The summed E-state index contributed by atoms with van der Waals surface area (Å²) in [6, 6.07) is 8.57. The van der Waals surface area contributed by atoms with Crippen LogP contribution in [0.5, 0.6) is 0 Å². The molecule has 0 heterocycles. The third-order valence-electron chi connectivity index (χ3n) is 7.64. The van der Waals surface area contributed by atoms with E-state index in [1.165, 1.54) is 7.11 Å². The summed E-state index contributed by atoms with van der Waals surface area (Å²) in [6.07, 6.45) is -6.55. The van der Waals surface area contributed by atoms with E-state index in [1.54, 1.807) is 35.1 Å². The number of amides is 1. The van der Waals surface area contributed by atoms with Crippen molar-refractivity contribution < 1.29 is 49.1 Å². The Morgan fingerprint density at radius 1 is 0.953 bits per heavy atom. The van der Waals surface area contributed by atoms with E-state index in [4.69, 9.17) is 4.74 Å². The van der Waals surface area contributed by atoms with Gasteiger partial charge in [-0.3, -0.25) is 9.59 Å². The van der Waals surface area contributed by atoms with Crippen LogP contribution in [0.15, 0.2) is 48.5 Å². The second-order valence-electron chi connectivity index (χ2n) is 10.7. The molecular formula is C29H34F6N2O5S. The fraction of sp³-hybridized carbons (Fsp3) is 0.517. The highest BCUT2D eigenvalue weighted by molar-refractivity contribution is 7.87. The maximum Gasteiger partial charge on any atom is 0.416 e. The molecule has 3 rings (SSSR count). The van der Waals surface area contributed by atoms with Gasteiger partial charge in [-0.1, -0.05) is 43.7 Å². The number of ether oxygens (including phenoxy) is 1. The Labute approximate surface area is 246 Å². The van der Waals surface area contributed by atoms with E-state index in [-0.39, 0.29) is 55.0 Å². The molecule has 0 radical (unpaired) electrons. The number of halogens is 6. The number of carbonyl (C=O) groups excluding carboxylic acids is 2. The number of nitrogens with one attached hydrogen (secondary N) is 1. The van der Waals surface area contributed by atoms with Gasteiger partial charge in [-0.25, -0.2) is 4.72 Å². The van der Waals surface area contributed by atoms with Crippen LogP contribution in [0, 0.1) is 17.8 Å². The van der Waals surface area contributed by atoms with Crippen molar-refractivity contribution in [2.75, 3.05) is 13.7 Å². The second-order valence-corrected chi connectivity index (χ2v) is 12.4. The van der Waals surface area contributed by atoms with Gasteiger partial charge in [0.05, 0.1) is 24.2 Å². The summed E-state index contributed by atoms with van der Waals surface area (Å²) in [7, 11) is -3.39. The molecule has 43 heavy (non-hydrogen) atoms. The second kappa shape index (κ2) is 14.1. The summed E-state index contributed by atoms with van der Waals surface area (Å²) in [5.41, 5.74) is -4.02. The van der Waals surface area contributed by atoms with Crippen molar-refractivity contribution >= 4 is 22.1 Å². The average molecular weight is 637 g/mol. The Morgan fingerprint density at radius 2 is 1.51 bits per heavy atom. The number of carbonyl (C=O) groups is 2. The molecule has 1 aliphatic carbocycles. The van der Waals surface area contributed by atoms with Gasteiger partial charge in [-0.2, -0.15) is 39.1 Å². The minimum Gasteiger partial charge on any atom is -0.469 e. The zero-order valence-electron chi connectivity index (χ0n) is 23.7. The van der Waals surface area contributed by atoms with Gasteiger partial charge >= 0.3 is 28.5 Å². The van der Waals surface area contributed by atoms with E-state index < -0.39 is 45.2 Å². The van der Waals surface area contributed by atoms with Crippen LogP contribution in [0.4, 0.5) is 26.3 Å². The van der Waals surface area contributed by atoms with Crippen molar-refractivity contribution in [3.8, 4) is 0 Å². The molecule has 1 N–H and O–H groups in total. The number of nitrogens with zero attached hydrogens (tertiary/aromatic N) is 1. The van der Waals surface area contributed by atoms with Gasteiger partial charge in [0.15, 0.2) is 0 Å². The van der Waals surface area contributed by atoms with E-state index in [0.717, 1.165) is 10.7 Å². The number of esters is 1. The highest BCUT2D eigenvalue weighted by Gasteiger charge is 2.39. The summed E-state index contributed by atoms with van der Waals surface area (Å²) in [5.74, 6) is -2.29. The SMILES string of the molecule is CCCC(C(=O)OC)C1CCC(CN(Cc2ccccc2)S(=O)(=O)NC(=O)c2cc(C(F)(F)F)cc(C(F)(F)F)c2)CC1. The molecule has 7 nitrogen and oxygen atoms in total. The first-order valence-corrected chi connectivity index (χ1v) is 15.2. The van der Waals surface area contributed by atoms with Crippen LogP contribution in [-0.4, -0.2) is 38.3 Å². The lowest BCUT2D eigenvalue weighted by Crippen LogP contribution is -2.45. The Hall–Kier alpha value is -3.13. The Balaban J connectivity index is 1.84. The first kappa shape index (κ1) is 34.4. The number of methoxy groups -OCH3 is 1. The first-order valence-electron chi connectivity index (χ1n) is 13.8. The van der Waals surface area contributed by atoms with Crippen LogP contribution in [0.3, 0.4) is 0 Å². The monoisotopic (exact) mass is 636 g/mol. The fourth-order valence-corrected chi connectivity index (χ4v) is 6.64. The predicted octanol–water partition coefficient (Wildman–Crippen LogP) is 6.60. The Kier molecular flexibility index (Phi) is 11.3. The van der Waals surface area contributed by atoms with E-state index in [2.05, 4.69) is 0 Å². The molecule has 1 saturated carbocycles. The van der Waals surface area contributed by atoms with Crippen LogP contribution < -0.4 is 4.72 Å². The topological polar surface area (TPSA) is 92.8 Å². The molecule has 1 atom stereocenters. The molecule has 2 aromatic carbocycles. The minimum absolute atomic E-state index is 0.0582. The normalized spacial score (nSPS) is 18.7. The molecule has 2 aromatic rings. The molecule has 0 aliphatic heterocycles. The van der Waals surface area contributed by atoms with Gasteiger partial charge in [0.25, 0.3) is 5.91 Å². The number of rotatable bonds is 11. The summed E-state index contributed by atoms with van der Waals surface area (Å²) < 4.78 is 114. The molecule has 0 bridgehead atoms. The summed E-state index contributed by atoms with van der Waals surface area (Å²) in [4.78, 5) is 25.1. The van der Waals surface area contributed by atoms with Crippen molar-refractivity contribution in [3.05, 3.63) is 70.8 Å². The number of hydrogen-bond donors (Lipinski definition) is 1. The van der Waals surface area contributed by atoms with Crippen molar-refractivity contribution in [1.29, 1.82) is 0 Å². The zero-order valence-corrected chi connectivity index (χ0v) is 24.5. The van der Waals surface area contributed by atoms with E-state index >= 15 is 0 Å². The van der Waals surface area contributed by atoms with Crippen molar-refractivity contribution in [3.63, 3.8) is 0 Å². The molecule has 0 spiro atoms. The maximum absolute atomic E-state index is 13.4. The zero-order chi connectivity index (χ0) is 32.0. The Bertz CT molecular complexity index is 1330. The number of hydrogen-bond acceptors (Lipinski definition) is 5. The van der Waals surface area contributed by atoms with Crippen LogP contribution in [0.25, 0.3) is 0 Å². The van der Waals surface area contributed by atoms with E-state index in [9.17, 15) is 44.3 Å². The summed E-state index contributed by atoms with van der Waals surface area (Å²) in [6.45, 7) is 1.71. The lowest BCUT2D eigenvalue weighted by Gasteiger charge is -2.35. The third-order valence-corrected chi connectivity index (χ3v) is 9.04.